The first-order valence-electron chi connectivity index (χ1n) is 11.8. The normalized spacial score (nSPS) is 15.3. The number of hydrogen-bond acceptors (Lipinski definition) is 5. The fourth-order valence-corrected chi connectivity index (χ4v) is 4.21. The number of aldehydes is 1. The molecule has 2 rings (SSSR count). The van der Waals surface area contributed by atoms with Gasteiger partial charge >= 0.3 is 0 Å². The van der Waals surface area contributed by atoms with E-state index in [1.165, 1.54) is 0 Å². The van der Waals surface area contributed by atoms with Gasteiger partial charge in [0, 0.05) is 36.2 Å². The minimum Gasteiger partial charge on any atom is -0.497 e. The van der Waals surface area contributed by atoms with Crippen LogP contribution in [0.2, 0.25) is 0 Å². The molecule has 2 aromatic rings. The third-order valence-electron chi connectivity index (χ3n) is 7.05. The van der Waals surface area contributed by atoms with E-state index in [4.69, 9.17) is 10.1 Å². The lowest BCUT2D eigenvalue weighted by atomic mass is 9.88. The van der Waals surface area contributed by atoms with Gasteiger partial charge in [-0.3, -0.25) is 0 Å². The predicted octanol–water partition coefficient (Wildman–Crippen LogP) is 5.30. The zero-order chi connectivity index (χ0) is 23.7. The fourth-order valence-electron chi connectivity index (χ4n) is 4.21. The maximum Gasteiger partial charge on any atom is 0.120 e. The van der Waals surface area contributed by atoms with Crippen molar-refractivity contribution in [1.82, 2.24) is 10.2 Å². The molecule has 0 bridgehead atoms. The number of rotatable bonds is 14. The monoisotopic (exact) mass is 439 g/mol. The number of methoxy groups -OCH3 is 1. The maximum absolute atomic E-state index is 10.8. The molecule has 2 aromatic carbocycles. The second-order valence-corrected chi connectivity index (χ2v) is 9.29. The highest BCUT2D eigenvalue weighted by molar-refractivity contribution is 6.03. The zero-order valence-corrected chi connectivity index (χ0v) is 20.7. The summed E-state index contributed by atoms with van der Waals surface area (Å²) in [7, 11) is 5.82. The van der Waals surface area contributed by atoms with Gasteiger partial charge < -0.3 is 25.2 Å². The van der Waals surface area contributed by atoms with E-state index in [2.05, 4.69) is 62.3 Å². The highest BCUT2D eigenvalue weighted by Gasteiger charge is 2.24. The minimum absolute atomic E-state index is 0.0132. The van der Waals surface area contributed by atoms with Crippen molar-refractivity contribution >= 4 is 22.8 Å². The Labute approximate surface area is 194 Å². The summed E-state index contributed by atoms with van der Waals surface area (Å²) in [5.41, 5.74) is 1.68. The molecule has 2 N–H and O–H groups in total. The number of carbonyl (C=O) groups is 1. The number of nitrogens with zero attached hydrogens (tertiary/aromatic N) is 1. The molecule has 176 valence electrons. The van der Waals surface area contributed by atoms with Crippen molar-refractivity contribution in [1.29, 1.82) is 5.41 Å². The van der Waals surface area contributed by atoms with E-state index < -0.39 is 0 Å². The van der Waals surface area contributed by atoms with Gasteiger partial charge in [-0.15, -0.1) is 0 Å². The highest BCUT2D eigenvalue weighted by Crippen LogP contribution is 2.25. The molecule has 0 radical (unpaired) electrons. The smallest absolute Gasteiger partial charge is 0.120 e. The van der Waals surface area contributed by atoms with Crippen LogP contribution >= 0.6 is 0 Å². The molecular formula is C27H41N3O2. The summed E-state index contributed by atoms with van der Waals surface area (Å²) in [5.74, 6) is 1.03. The van der Waals surface area contributed by atoms with Crippen molar-refractivity contribution < 1.29 is 9.53 Å². The van der Waals surface area contributed by atoms with Gasteiger partial charge in [0.2, 0.25) is 0 Å². The summed E-state index contributed by atoms with van der Waals surface area (Å²) < 4.78 is 5.32. The van der Waals surface area contributed by atoms with Crippen LogP contribution in [-0.2, 0) is 4.79 Å². The third kappa shape index (κ3) is 6.88. The number of ether oxygens (including phenoxy) is 1. The van der Waals surface area contributed by atoms with Gasteiger partial charge in [0.05, 0.1) is 7.11 Å². The molecule has 0 amide bonds. The Kier molecular flexibility index (Phi) is 9.85. The second kappa shape index (κ2) is 12.1. The van der Waals surface area contributed by atoms with Gasteiger partial charge in [-0.2, -0.15) is 0 Å². The minimum atomic E-state index is -0.0132. The van der Waals surface area contributed by atoms with Crippen LogP contribution < -0.4 is 10.1 Å². The van der Waals surface area contributed by atoms with Crippen LogP contribution in [0, 0.1) is 11.3 Å². The number of hydrogen-bond donors (Lipinski definition) is 2. The van der Waals surface area contributed by atoms with Crippen molar-refractivity contribution in [3.05, 3.63) is 42.0 Å². The summed E-state index contributed by atoms with van der Waals surface area (Å²) in [6.45, 7) is 7.49. The van der Waals surface area contributed by atoms with E-state index in [9.17, 15) is 4.79 Å². The van der Waals surface area contributed by atoms with Crippen LogP contribution in [0.3, 0.4) is 0 Å². The van der Waals surface area contributed by atoms with E-state index >= 15 is 0 Å². The van der Waals surface area contributed by atoms with E-state index in [1.54, 1.807) is 7.11 Å². The van der Waals surface area contributed by atoms with Gasteiger partial charge in [-0.1, -0.05) is 25.1 Å². The van der Waals surface area contributed by atoms with Crippen LogP contribution in [-0.4, -0.2) is 56.2 Å². The Hall–Kier alpha value is -2.24. The van der Waals surface area contributed by atoms with Gasteiger partial charge in [0.25, 0.3) is 0 Å². The zero-order valence-electron chi connectivity index (χ0n) is 20.7. The molecule has 0 saturated heterocycles. The SMILES string of the molecule is CCC(CN(C)C(C)CCC(C)(CCC=O)NC)C(=N)c1ccc2cc(OC)ccc2c1. The van der Waals surface area contributed by atoms with E-state index in [0.717, 1.165) is 60.6 Å². The molecule has 0 aromatic heterocycles. The van der Waals surface area contributed by atoms with Crippen LogP contribution in [0.5, 0.6) is 5.75 Å². The molecule has 0 heterocycles. The topological polar surface area (TPSA) is 65.4 Å². The summed E-state index contributed by atoms with van der Waals surface area (Å²) in [6, 6.07) is 12.7. The average Bonchev–Trinajstić information content (AvgIpc) is 2.83. The standard InChI is InChI=1S/C27H41N3O2/c1-7-21(19-30(5)20(2)13-15-27(3,29-4)14-8-16-31)26(28)24-10-9-23-18-25(32-6)12-11-22(23)17-24/h9-12,16-18,20-21,28-29H,7-8,13-15,19H2,1-6H3. The number of carbonyl (C=O) groups excluding carboxylic acids is 1. The van der Waals surface area contributed by atoms with Gasteiger partial charge in [0.15, 0.2) is 0 Å². The molecule has 32 heavy (non-hydrogen) atoms. The second-order valence-electron chi connectivity index (χ2n) is 9.29. The lowest BCUT2D eigenvalue weighted by Gasteiger charge is -2.34. The lowest BCUT2D eigenvalue weighted by Crippen LogP contribution is -2.42. The molecule has 0 aliphatic carbocycles. The van der Waals surface area contributed by atoms with Crippen LogP contribution in [0.1, 0.15) is 58.4 Å². The lowest BCUT2D eigenvalue weighted by molar-refractivity contribution is -0.108. The van der Waals surface area contributed by atoms with Gasteiger partial charge in [-0.05, 0) is 88.2 Å². The Balaban J connectivity index is 2.02. The van der Waals surface area contributed by atoms with E-state index in [0.29, 0.717) is 18.2 Å². The molecule has 5 heteroatoms. The molecule has 3 atom stereocenters. The quantitative estimate of drug-likeness (QED) is 0.310. The molecule has 5 nitrogen and oxygen atoms in total. The fraction of sp³-hybridized carbons (Fsp3) is 0.556. The molecule has 3 unspecified atom stereocenters. The average molecular weight is 440 g/mol. The maximum atomic E-state index is 10.8. The van der Waals surface area contributed by atoms with Gasteiger partial charge in [-0.25, -0.2) is 0 Å². The summed E-state index contributed by atoms with van der Waals surface area (Å²) in [5, 5.41) is 14.5. The molecule has 0 fully saturated rings. The Morgan fingerprint density at radius 3 is 2.53 bits per heavy atom. The number of benzene rings is 2. The van der Waals surface area contributed by atoms with Gasteiger partial charge in [0.1, 0.15) is 12.0 Å². The van der Waals surface area contributed by atoms with E-state index in [1.807, 2.05) is 19.2 Å². The van der Waals surface area contributed by atoms with Crippen molar-refractivity contribution in [2.24, 2.45) is 5.92 Å². The molecule has 0 aliphatic rings. The summed E-state index contributed by atoms with van der Waals surface area (Å²) >= 11 is 0. The molecule has 0 saturated carbocycles. The van der Waals surface area contributed by atoms with E-state index in [-0.39, 0.29) is 11.5 Å². The molecular weight excluding hydrogens is 398 g/mol. The number of fused-ring (bicyclic) bond motifs is 1. The Bertz CT molecular complexity index is 898. The molecule has 0 aliphatic heterocycles. The third-order valence-corrected chi connectivity index (χ3v) is 7.05. The summed E-state index contributed by atoms with van der Waals surface area (Å²) in [6.07, 6.45) is 5.46. The van der Waals surface area contributed by atoms with Crippen LogP contribution in [0.15, 0.2) is 36.4 Å². The van der Waals surface area contributed by atoms with Crippen molar-refractivity contribution in [3.8, 4) is 5.75 Å². The predicted molar refractivity (Wildman–Crippen MR) is 135 cm³/mol. The first-order valence-corrected chi connectivity index (χ1v) is 11.8. The summed E-state index contributed by atoms with van der Waals surface area (Å²) in [4.78, 5) is 13.2. The first-order chi connectivity index (χ1) is 15.3. The van der Waals surface area contributed by atoms with Crippen LogP contribution in [0.25, 0.3) is 10.8 Å². The Morgan fingerprint density at radius 2 is 1.91 bits per heavy atom. The largest absolute Gasteiger partial charge is 0.497 e. The first kappa shape index (κ1) is 26.0. The molecule has 0 spiro atoms. The highest BCUT2D eigenvalue weighted by atomic mass is 16.5. The van der Waals surface area contributed by atoms with Crippen molar-refractivity contribution in [2.45, 2.75) is 64.5 Å². The Morgan fingerprint density at radius 1 is 1.22 bits per heavy atom. The number of nitrogens with one attached hydrogen (secondary N) is 2. The van der Waals surface area contributed by atoms with Crippen molar-refractivity contribution in [2.75, 3.05) is 27.7 Å². The van der Waals surface area contributed by atoms with Crippen LogP contribution in [0.4, 0.5) is 0 Å². The van der Waals surface area contributed by atoms with Crippen molar-refractivity contribution in [3.63, 3.8) is 0 Å².